The quantitative estimate of drug-likeness (QED) is 0.682. The predicted octanol–water partition coefficient (Wildman–Crippen LogP) is 2.67. The Morgan fingerprint density at radius 2 is 1.70 bits per heavy atom. The van der Waals surface area contributed by atoms with E-state index >= 15 is 0 Å². The fourth-order valence-corrected chi connectivity index (χ4v) is 3.24. The zero-order chi connectivity index (χ0) is 20.8. The third kappa shape index (κ3) is 4.93. The highest BCUT2D eigenvalue weighted by atomic mass is 16.5. The van der Waals surface area contributed by atoms with Crippen molar-refractivity contribution in [2.75, 3.05) is 26.3 Å². The van der Waals surface area contributed by atoms with Gasteiger partial charge in [0.05, 0.1) is 19.6 Å². The van der Waals surface area contributed by atoms with Gasteiger partial charge in [0.25, 0.3) is 5.91 Å². The number of benzene rings is 2. The van der Waals surface area contributed by atoms with Gasteiger partial charge in [-0.25, -0.2) is 4.98 Å². The molecule has 0 aliphatic carbocycles. The van der Waals surface area contributed by atoms with Gasteiger partial charge in [-0.3, -0.25) is 9.59 Å². The van der Waals surface area contributed by atoms with Crippen LogP contribution in [0.15, 0.2) is 65.3 Å². The Balaban J connectivity index is 1.33. The summed E-state index contributed by atoms with van der Waals surface area (Å²) in [5, 5.41) is 2.92. The average Bonchev–Trinajstić information content (AvgIpc) is 3.29. The van der Waals surface area contributed by atoms with Gasteiger partial charge in [-0.15, -0.1) is 0 Å². The number of aromatic nitrogens is 1. The molecule has 30 heavy (non-hydrogen) atoms. The van der Waals surface area contributed by atoms with Gasteiger partial charge in [-0.05, 0) is 23.3 Å². The molecule has 0 radical (unpaired) electrons. The number of morpholine rings is 1. The summed E-state index contributed by atoms with van der Waals surface area (Å²) in [4.78, 5) is 30.6. The van der Waals surface area contributed by atoms with Crippen LogP contribution in [0.5, 0.6) is 0 Å². The lowest BCUT2D eigenvalue weighted by Crippen LogP contribution is -2.40. The zero-order valence-corrected chi connectivity index (χ0v) is 16.5. The average molecular weight is 405 g/mol. The molecule has 4 rings (SSSR count). The van der Waals surface area contributed by atoms with Crippen LogP contribution in [0.3, 0.4) is 0 Å². The molecule has 154 valence electrons. The summed E-state index contributed by atoms with van der Waals surface area (Å²) in [7, 11) is 0. The maximum absolute atomic E-state index is 12.5. The zero-order valence-electron chi connectivity index (χ0n) is 16.5. The number of oxazole rings is 1. The van der Waals surface area contributed by atoms with Crippen LogP contribution in [0.4, 0.5) is 0 Å². The first-order chi connectivity index (χ1) is 14.7. The van der Waals surface area contributed by atoms with E-state index in [0.29, 0.717) is 50.9 Å². The lowest BCUT2D eigenvalue weighted by molar-refractivity contribution is -0.120. The second-order valence-electron chi connectivity index (χ2n) is 7.08. The Labute approximate surface area is 174 Å². The largest absolute Gasteiger partial charge is 0.444 e. The number of hydrogen-bond acceptors (Lipinski definition) is 5. The summed E-state index contributed by atoms with van der Waals surface area (Å²) in [6, 6.07) is 17.2. The summed E-state index contributed by atoms with van der Waals surface area (Å²) >= 11 is 0. The smallest absolute Gasteiger partial charge is 0.275 e. The Morgan fingerprint density at radius 3 is 2.43 bits per heavy atom. The van der Waals surface area contributed by atoms with Crippen molar-refractivity contribution in [3.8, 4) is 11.5 Å². The first kappa shape index (κ1) is 19.8. The van der Waals surface area contributed by atoms with Gasteiger partial charge in [0, 0.05) is 25.2 Å². The van der Waals surface area contributed by atoms with Crippen LogP contribution in [0.25, 0.3) is 11.5 Å². The Bertz CT molecular complexity index is 993. The van der Waals surface area contributed by atoms with Crippen LogP contribution in [0.2, 0.25) is 0 Å². The van der Waals surface area contributed by atoms with E-state index in [1.165, 1.54) is 6.26 Å². The van der Waals surface area contributed by atoms with E-state index in [9.17, 15) is 9.59 Å². The standard InChI is InChI=1S/C23H23N3O4/c27-21(14-17-4-2-1-3-5-17)24-15-18-6-8-19(9-7-18)22-25-20(16-30-22)23(28)26-10-12-29-13-11-26/h1-9,16H,10-15H2,(H,24,27). The Hall–Kier alpha value is -3.45. The molecule has 2 aromatic carbocycles. The monoisotopic (exact) mass is 405 g/mol. The van der Waals surface area contributed by atoms with E-state index in [0.717, 1.165) is 16.7 Å². The number of rotatable bonds is 6. The molecule has 0 bridgehead atoms. The van der Waals surface area contributed by atoms with Gasteiger partial charge in [0.2, 0.25) is 11.8 Å². The lowest BCUT2D eigenvalue weighted by atomic mass is 10.1. The Morgan fingerprint density at radius 1 is 0.967 bits per heavy atom. The fraction of sp³-hybridized carbons (Fsp3) is 0.261. The van der Waals surface area contributed by atoms with E-state index in [-0.39, 0.29) is 11.8 Å². The molecule has 1 fully saturated rings. The van der Waals surface area contributed by atoms with Crippen molar-refractivity contribution in [1.29, 1.82) is 0 Å². The second kappa shape index (κ2) is 9.37. The summed E-state index contributed by atoms with van der Waals surface area (Å²) in [6.07, 6.45) is 1.75. The molecule has 7 heteroatoms. The highest BCUT2D eigenvalue weighted by Crippen LogP contribution is 2.20. The number of amides is 2. The molecule has 1 aromatic heterocycles. The van der Waals surface area contributed by atoms with E-state index < -0.39 is 0 Å². The molecule has 1 aliphatic heterocycles. The van der Waals surface area contributed by atoms with E-state index in [2.05, 4.69) is 10.3 Å². The predicted molar refractivity (Wildman–Crippen MR) is 111 cm³/mol. The first-order valence-electron chi connectivity index (χ1n) is 9.91. The number of hydrogen-bond donors (Lipinski definition) is 1. The topological polar surface area (TPSA) is 84.7 Å². The van der Waals surface area contributed by atoms with Crippen molar-refractivity contribution in [1.82, 2.24) is 15.2 Å². The first-order valence-corrected chi connectivity index (χ1v) is 9.91. The molecule has 1 aliphatic rings. The van der Waals surface area contributed by atoms with Crippen LogP contribution < -0.4 is 5.32 Å². The summed E-state index contributed by atoms with van der Waals surface area (Å²) in [5.74, 6) is 0.224. The minimum Gasteiger partial charge on any atom is -0.444 e. The summed E-state index contributed by atoms with van der Waals surface area (Å²) < 4.78 is 10.8. The molecule has 7 nitrogen and oxygen atoms in total. The fourth-order valence-electron chi connectivity index (χ4n) is 3.24. The highest BCUT2D eigenvalue weighted by Gasteiger charge is 2.22. The molecule has 0 unspecified atom stereocenters. The number of carbonyl (C=O) groups is 2. The highest BCUT2D eigenvalue weighted by molar-refractivity contribution is 5.92. The molecular weight excluding hydrogens is 382 g/mol. The number of carbonyl (C=O) groups excluding carboxylic acids is 2. The molecule has 3 aromatic rings. The van der Waals surface area contributed by atoms with Gasteiger partial charge in [0.1, 0.15) is 6.26 Å². The van der Waals surface area contributed by atoms with E-state index in [4.69, 9.17) is 9.15 Å². The molecule has 1 N–H and O–H groups in total. The number of ether oxygens (including phenoxy) is 1. The molecule has 2 amide bonds. The van der Waals surface area contributed by atoms with Gasteiger partial charge in [-0.2, -0.15) is 0 Å². The lowest BCUT2D eigenvalue weighted by Gasteiger charge is -2.25. The van der Waals surface area contributed by atoms with Crippen LogP contribution in [-0.2, 0) is 22.5 Å². The minimum atomic E-state index is -0.147. The molecular formula is C23H23N3O4. The number of nitrogens with one attached hydrogen (secondary N) is 1. The summed E-state index contributed by atoms with van der Waals surface area (Å²) in [5.41, 5.74) is 3.02. The van der Waals surface area contributed by atoms with Crippen LogP contribution in [-0.4, -0.2) is 48.0 Å². The van der Waals surface area contributed by atoms with E-state index in [1.807, 2.05) is 54.6 Å². The van der Waals surface area contributed by atoms with E-state index in [1.54, 1.807) is 4.90 Å². The maximum Gasteiger partial charge on any atom is 0.275 e. The normalized spacial score (nSPS) is 13.8. The van der Waals surface area contributed by atoms with Crippen molar-refractivity contribution < 1.29 is 18.7 Å². The van der Waals surface area contributed by atoms with Crippen molar-refractivity contribution >= 4 is 11.8 Å². The van der Waals surface area contributed by atoms with Gasteiger partial charge >= 0.3 is 0 Å². The second-order valence-corrected chi connectivity index (χ2v) is 7.08. The van der Waals surface area contributed by atoms with Crippen molar-refractivity contribution in [2.45, 2.75) is 13.0 Å². The van der Waals surface area contributed by atoms with Gasteiger partial charge < -0.3 is 19.4 Å². The van der Waals surface area contributed by atoms with Crippen LogP contribution >= 0.6 is 0 Å². The molecule has 1 saturated heterocycles. The number of nitrogens with zero attached hydrogens (tertiary/aromatic N) is 2. The van der Waals surface area contributed by atoms with Crippen molar-refractivity contribution in [2.24, 2.45) is 0 Å². The van der Waals surface area contributed by atoms with Crippen LogP contribution in [0, 0.1) is 0 Å². The SMILES string of the molecule is O=C(Cc1ccccc1)NCc1ccc(-c2nc(C(=O)N3CCOCC3)co2)cc1. The molecule has 0 spiro atoms. The maximum atomic E-state index is 12.5. The Kier molecular flexibility index (Phi) is 6.20. The van der Waals surface area contributed by atoms with Gasteiger partial charge in [0.15, 0.2) is 5.69 Å². The van der Waals surface area contributed by atoms with Crippen molar-refractivity contribution in [3.05, 3.63) is 77.7 Å². The third-order valence-corrected chi connectivity index (χ3v) is 4.92. The third-order valence-electron chi connectivity index (χ3n) is 4.92. The van der Waals surface area contributed by atoms with Crippen LogP contribution in [0.1, 0.15) is 21.6 Å². The summed E-state index contributed by atoms with van der Waals surface area (Å²) in [6.45, 7) is 2.65. The molecule has 0 saturated carbocycles. The minimum absolute atomic E-state index is 0.0238. The molecule has 2 heterocycles. The van der Waals surface area contributed by atoms with Gasteiger partial charge in [-0.1, -0.05) is 42.5 Å². The molecule has 0 atom stereocenters. The van der Waals surface area contributed by atoms with Crippen molar-refractivity contribution in [3.63, 3.8) is 0 Å².